The maximum absolute atomic E-state index is 12.5. The van der Waals surface area contributed by atoms with Gasteiger partial charge in [0, 0.05) is 13.2 Å². The van der Waals surface area contributed by atoms with Crippen LogP contribution in [0.3, 0.4) is 0 Å². The molecule has 1 heterocycles. The van der Waals surface area contributed by atoms with E-state index in [1.54, 1.807) is 0 Å². The summed E-state index contributed by atoms with van der Waals surface area (Å²) in [6.07, 6.45) is -4.57. The average molecular weight is 200 g/mol. The summed E-state index contributed by atoms with van der Waals surface area (Å²) in [6.45, 7) is 0. The predicted molar refractivity (Wildman–Crippen MR) is 33.2 cm³/mol. The number of nitrogens with zero attached hydrogens (tertiary/aromatic N) is 2. The molecule has 0 amide bonds. The van der Waals surface area contributed by atoms with Crippen LogP contribution < -0.4 is 0 Å². The van der Waals surface area contributed by atoms with Gasteiger partial charge in [0.15, 0.2) is 0 Å². The van der Waals surface area contributed by atoms with Gasteiger partial charge in [0.2, 0.25) is 0 Å². The van der Waals surface area contributed by atoms with Gasteiger partial charge in [0.05, 0.1) is 0 Å². The Morgan fingerprint density at radius 1 is 1.23 bits per heavy atom. The number of rotatable bonds is 1. The lowest BCUT2D eigenvalue weighted by Gasteiger charge is -2.16. The molecule has 0 aliphatic carbocycles. The van der Waals surface area contributed by atoms with Crippen molar-refractivity contribution in [3.05, 3.63) is 18.0 Å². The zero-order valence-corrected chi connectivity index (χ0v) is 6.44. The van der Waals surface area contributed by atoms with Crippen molar-refractivity contribution in [2.24, 2.45) is 7.05 Å². The molecule has 0 saturated carbocycles. The van der Waals surface area contributed by atoms with E-state index in [0.717, 1.165) is 10.9 Å². The van der Waals surface area contributed by atoms with Crippen molar-refractivity contribution in [2.75, 3.05) is 0 Å². The molecule has 13 heavy (non-hydrogen) atoms. The first kappa shape index (κ1) is 9.94. The highest BCUT2D eigenvalue weighted by Crippen LogP contribution is 2.42. The molecular formula is C6H5F5N2. The number of alkyl halides is 5. The standard InChI is InChI=1S/C6H5F5N2/c1-13-3-2-4(12-13)5(7,8)6(9,10)11/h2-3H,1H3. The van der Waals surface area contributed by atoms with Crippen LogP contribution in [0.4, 0.5) is 22.0 Å². The zero-order valence-electron chi connectivity index (χ0n) is 6.44. The molecule has 1 aromatic heterocycles. The first-order valence-electron chi connectivity index (χ1n) is 3.20. The van der Waals surface area contributed by atoms with Gasteiger partial charge in [-0.3, -0.25) is 4.68 Å². The highest BCUT2D eigenvalue weighted by Gasteiger charge is 2.60. The summed E-state index contributed by atoms with van der Waals surface area (Å²) in [5.41, 5.74) is -1.29. The molecule has 0 aliphatic rings. The average Bonchev–Trinajstić information content (AvgIpc) is 2.33. The van der Waals surface area contributed by atoms with E-state index in [1.165, 1.54) is 7.05 Å². The lowest BCUT2D eigenvalue weighted by molar-refractivity contribution is -0.291. The first-order chi connectivity index (χ1) is 5.75. The van der Waals surface area contributed by atoms with E-state index in [4.69, 9.17) is 0 Å². The third-order valence-corrected chi connectivity index (χ3v) is 1.39. The minimum Gasteiger partial charge on any atom is -0.275 e. The van der Waals surface area contributed by atoms with E-state index in [9.17, 15) is 22.0 Å². The van der Waals surface area contributed by atoms with Crippen molar-refractivity contribution < 1.29 is 22.0 Å². The summed E-state index contributed by atoms with van der Waals surface area (Å²) in [4.78, 5) is 0. The van der Waals surface area contributed by atoms with E-state index in [1.807, 2.05) is 0 Å². The molecular weight excluding hydrogens is 195 g/mol. The number of hydrogen-bond acceptors (Lipinski definition) is 1. The van der Waals surface area contributed by atoms with Gasteiger partial charge in [-0.1, -0.05) is 0 Å². The Bertz CT molecular complexity index is 300. The molecule has 0 aromatic carbocycles. The molecule has 2 nitrogen and oxygen atoms in total. The Hall–Kier alpha value is -1.14. The third-order valence-electron chi connectivity index (χ3n) is 1.39. The summed E-state index contributed by atoms with van der Waals surface area (Å²) in [7, 11) is 1.26. The molecule has 0 fully saturated rings. The van der Waals surface area contributed by atoms with Crippen molar-refractivity contribution in [1.82, 2.24) is 9.78 Å². The predicted octanol–water partition coefficient (Wildman–Crippen LogP) is 2.07. The molecule has 0 unspecified atom stereocenters. The second-order valence-corrected chi connectivity index (χ2v) is 2.45. The number of aromatic nitrogens is 2. The third kappa shape index (κ3) is 1.63. The molecule has 0 bridgehead atoms. The highest BCUT2D eigenvalue weighted by atomic mass is 19.4. The number of halogens is 5. The minimum atomic E-state index is -5.60. The van der Waals surface area contributed by atoms with Crippen LogP contribution in [0, 0.1) is 0 Å². The summed E-state index contributed by atoms with van der Waals surface area (Å²) in [6, 6.07) is 0.632. The quantitative estimate of drug-likeness (QED) is 0.634. The molecule has 7 heteroatoms. The van der Waals surface area contributed by atoms with Gasteiger partial charge in [0.1, 0.15) is 5.69 Å². The van der Waals surface area contributed by atoms with Gasteiger partial charge in [0.25, 0.3) is 0 Å². The van der Waals surface area contributed by atoms with Crippen LogP contribution in [0.25, 0.3) is 0 Å². The van der Waals surface area contributed by atoms with Gasteiger partial charge in [-0.05, 0) is 6.07 Å². The molecule has 1 aromatic rings. The zero-order chi connectivity index (χ0) is 10.3. The Morgan fingerprint density at radius 3 is 2.08 bits per heavy atom. The molecule has 0 spiro atoms. The summed E-state index contributed by atoms with van der Waals surface area (Å²) in [5, 5.41) is 3.00. The summed E-state index contributed by atoms with van der Waals surface area (Å²) in [5.74, 6) is -4.88. The van der Waals surface area contributed by atoms with Crippen LogP contribution in [-0.4, -0.2) is 16.0 Å². The fourth-order valence-corrected chi connectivity index (χ4v) is 0.728. The Balaban J connectivity index is 3.07. The van der Waals surface area contributed by atoms with Crippen molar-refractivity contribution in [3.8, 4) is 0 Å². The number of aryl methyl sites for hydroxylation is 1. The van der Waals surface area contributed by atoms with Crippen molar-refractivity contribution >= 4 is 0 Å². The van der Waals surface area contributed by atoms with Gasteiger partial charge in [-0.25, -0.2) is 0 Å². The largest absolute Gasteiger partial charge is 0.459 e. The van der Waals surface area contributed by atoms with Gasteiger partial charge in [-0.15, -0.1) is 0 Å². The van der Waals surface area contributed by atoms with E-state index >= 15 is 0 Å². The van der Waals surface area contributed by atoms with E-state index in [0.29, 0.717) is 6.07 Å². The minimum absolute atomic E-state index is 0.632. The molecule has 1 rings (SSSR count). The van der Waals surface area contributed by atoms with Crippen molar-refractivity contribution in [3.63, 3.8) is 0 Å². The Kier molecular flexibility index (Phi) is 2.05. The molecule has 0 saturated heterocycles. The van der Waals surface area contributed by atoms with Gasteiger partial charge < -0.3 is 0 Å². The molecule has 0 N–H and O–H groups in total. The van der Waals surface area contributed by atoms with Crippen molar-refractivity contribution in [1.29, 1.82) is 0 Å². The Labute approximate surface area is 70.0 Å². The first-order valence-corrected chi connectivity index (χ1v) is 3.20. The van der Waals surface area contributed by atoms with Crippen LogP contribution in [0.1, 0.15) is 5.69 Å². The molecule has 74 valence electrons. The van der Waals surface area contributed by atoms with Crippen LogP contribution in [0.15, 0.2) is 12.3 Å². The fraction of sp³-hybridized carbons (Fsp3) is 0.500. The van der Waals surface area contributed by atoms with Gasteiger partial charge in [-0.2, -0.15) is 27.1 Å². The number of hydrogen-bond donors (Lipinski definition) is 0. The molecule has 0 aliphatic heterocycles. The highest BCUT2D eigenvalue weighted by molar-refractivity contribution is 5.09. The van der Waals surface area contributed by atoms with Crippen LogP contribution >= 0.6 is 0 Å². The molecule has 0 radical (unpaired) electrons. The van der Waals surface area contributed by atoms with Crippen LogP contribution in [0.2, 0.25) is 0 Å². The topological polar surface area (TPSA) is 17.8 Å². The SMILES string of the molecule is Cn1ccc(C(F)(F)C(F)(F)F)n1. The maximum Gasteiger partial charge on any atom is 0.459 e. The summed E-state index contributed by atoms with van der Waals surface area (Å²) >= 11 is 0. The van der Waals surface area contributed by atoms with E-state index in [-0.39, 0.29) is 0 Å². The fourth-order valence-electron chi connectivity index (χ4n) is 0.728. The lowest BCUT2D eigenvalue weighted by Crippen LogP contribution is -2.34. The monoisotopic (exact) mass is 200 g/mol. The second-order valence-electron chi connectivity index (χ2n) is 2.45. The summed E-state index contributed by atoms with van der Waals surface area (Å²) < 4.78 is 61.0. The lowest BCUT2D eigenvalue weighted by atomic mass is 10.2. The van der Waals surface area contributed by atoms with Crippen molar-refractivity contribution in [2.45, 2.75) is 12.1 Å². The van der Waals surface area contributed by atoms with Gasteiger partial charge >= 0.3 is 12.1 Å². The smallest absolute Gasteiger partial charge is 0.275 e. The van der Waals surface area contributed by atoms with E-state index < -0.39 is 17.8 Å². The Morgan fingerprint density at radius 2 is 1.77 bits per heavy atom. The molecule has 0 atom stereocenters. The van der Waals surface area contributed by atoms with E-state index in [2.05, 4.69) is 5.10 Å². The second kappa shape index (κ2) is 2.68. The van der Waals surface area contributed by atoms with Crippen LogP contribution in [0.5, 0.6) is 0 Å². The van der Waals surface area contributed by atoms with Crippen LogP contribution in [-0.2, 0) is 13.0 Å². The normalized spacial score (nSPS) is 13.4. The maximum atomic E-state index is 12.5.